The van der Waals surface area contributed by atoms with Gasteiger partial charge in [-0.25, -0.2) is 4.99 Å². The van der Waals surface area contributed by atoms with Gasteiger partial charge in [0.05, 0.1) is 5.71 Å². The fourth-order valence-electron chi connectivity index (χ4n) is 2.91. The molecular weight excluding hydrogens is 350 g/mol. The van der Waals surface area contributed by atoms with Gasteiger partial charge in [-0.3, -0.25) is 5.41 Å². The van der Waals surface area contributed by atoms with Crippen LogP contribution in [0.4, 0.5) is 5.69 Å². The van der Waals surface area contributed by atoms with E-state index < -0.39 is 0 Å². The van der Waals surface area contributed by atoms with Crippen LogP contribution in [0.3, 0.4) is 0 Å². The summed E-state index contributed by atoms with van der Waals surface area (Å²) in [4.78, 5) is 6.58. The molecule has 2 aromatic rings. The van der Waals surface area contributed by atoms with Crippen LogP contribution in [-0.4, -0.2) is 36.2 Å². The van der Waals surface area contributed by atoms with Crippen molar-refractivity contribution in [2.24, 2.45) is 16.5 Å². The van der Waals surface area contributed by atoms with Crippen molar-refractivity contribution >= 4 is 29.0 Å². The lowest BCUT2D eigenvalue weighted by Gasteiger charge is -2.21. The maximum absolute atomic E-state index is 7.64. The highest BCUT2D eigenvalue weighted by molar-refractivity contribution is 6.31. The average Bonchev–Trinajstić information content (AvgIpc) is 2.77. The number of rotatable bonds is 6. The second-order valence-electron chi connectivity index (χ2n) is 6.03. The molecule has 1 aliphatic heterocycles. The summed E-state index contributed by atoms with van der Waals surface area (Å²) in [6.45, 7) is 1.67. The second-order valence-corrected chi connectivity index (χ2v) is 6.47. The van der Waals surface area contributed by atoms with Gasteiger partial charge in [-0.2, -0.15) is 0 Å². The molecule has 0 bridgehead atoms. The number of fused-ring (bicyclic) bond motifs is 2. The van der Waals surface area contributed by atoms with Gasteiger partial charge in [-0.05, 0) is 43.2 Å². The van der Waals surface area contributed by atoms with Gasteiger partial charge in [0.25, 0.3) is 0 Å². The van der Waals surface area contributed by atoms with Gasteiger partial charge in [0.1, 0.15) is 11.4 Å². The van der Waals surface area contributed by atoms with Gasteiger partial charge in [-0.15, -0.1) is 0 Å². The third kappa shape index (κ3) is 4.15. The van der Waals surface area contributed by atoms with Crippen molar-refractivity contribution in [3.8, 4) is 11.5 Å². The van der Waals surface area contributed by atoms with Crippen molar-refractivity contribution in [1.82, 2.24) is 4.90 Å². The van der Waals surface area contributed by atoms with Gasteiger partial charge < -0.3 is 21.1 Å². The number of benzene rings is 2. The number of ether oxygens (including phenoxy) is 1. The number of hydrogen-bond donors (Lipinski definition) is 3. The molecule has 2 aromatic carbocycles. The number of nitrogens with zero attached hydrogens (tertiary/aromatic N) is 2. The van der Waals surface area contributed by atoms with Crippen LogP contribution in [0.15, 0.2) is 47.5 Å². The number of guanidine groups is 1. The summed E-state index contributed by atoms with van der Waals surface area (Å²) >= 11 is 6.20. The fraction of sp³-hybridized carbons (Fsp3) is 0.263. The smallest absolute Gasteiger partial charge is 0.188 e. The van der Waals surface area contributed by atoms with Gasteiger partial charge in [0.15, 0.2) is 11.7 Å². The SMILES string of the molecule is N=C(N)N(CCN)CCCC1=Nc2ccccc2Oc2ccc(Cl)cc21. The van der Waals surface area contributed by atoms with E-state index >= 15 is 0 Å². The average molecular weight is 372 g/mol. The molecule has 0 amide bonds. The minimum absolute atomic E-state index is 0.0374. The van der Waals surface area contributed by atoms with Crippen LogP contribution in [-0.2, 0) is 0 Å². The Labute approximate surface area is 157 Å². The Morgan fingerprint density at radius 2 is 1.96 bits per heavy atom. The first kappa shape index (κ1) is 18.2. The minimum Gasteiger partial charge on any atom is -0.454 e. The Bertz CT molecular complexity index is 836. The van der Waals surface area contributed by atoms with Gasteiger partial charge in [0.2, 0.25) is 0 Å². The molecule has 3 rings (SSSR count). The lowest BCUT2D eigenvalue weighted by Crippen LogP contribution is -2.40. The van der Waals surface area contributed by atoms with E-state index in [-0.39, 0.29) is 5.96 Å². The number of aliphatic imine (C=N–C) groups is 1. The van der Waals surface area contributed by atoms with Gasteiger partial charge >= 0.3 is 0 Å². The highest BCUT2D eigenvalue weighted by Crippen LogP contribution is 2.38. The van der Waals surface area contributed by atoms with Crippen molar-refractivity contribution in [3.05, 3.63) is 53.1 Å². The molecule has 0 aromatic heterocycles. The summed E-state index contributed by atoms with van der Waals surface area (Å²) in [6.07, 6.45) is 1.49. The first-order valence-corrected chi connectivity index (χ1v) is 8.89. The molecule has 1 aliphatic rings. The zero-order chi connectivity index (χ0) is 18.5. The Kier molecular flexibility index (Phi) is 5.75. The molecule has 5 N–H and O–H groups in total. The molecule has 26 heavy (non-hydrogen) atoms. The van der Waals surface area contributed by atoms with Crippen LogP contribution in [0.2, 0.25) is 5.02 Å². The van der Waals surface area contributed by atoms with E-state index in [4.69, 9.17) is 38.2 Å². The summed E-state index contributed by atoms with van der Waals surface area (Å²) in [6, 6.07) is 13.2. The molecule has 0 radical (unpaired) electrons. The summed E-state index contributed by atoms with van der Waals surface area (Å²) in [5, 5.41) is 8.27. The lowest BCUT2D eigenvalue weighted by atomic mass is 10.0. The largest absolute Gasteiger partial charge is 0.454 e. The van der Waals surface area contributed by atoms with Crippen molar-refractivity contribution < 1.29 is 4.74 Å². The molecule has 0 unspecified atom stereocenters. The Morgan fingerprint density at radius 1 is 1.15 bits per heavy atom. The molecule has 1 heterocycles. The van der Waals surface area contributed by atoms with E-state index in [1.54, 1.807) is 4.90 Å². The molecule has 0 atom stereocenters. The molecule has 0 spiro atoms. The summed E-state index contributed by atoms with van der Waals surface area (Å²) < 4.78 is 6.04. The molecule has 136 valence electrons. The molecule has 0 fully saturated rings. The summed E-state index contributed by atoms with van der Waals surface area (Å²) in [5.74, 6) is 1.50. The first-order valence-electron chi connectivity index (χ1n) is 8.52. The van der Waals surface area contributed by atoms with Crippen LogP contribution in [0.1, 0.15) is 18.4 Å². The zero-order valence-electron chi connectivity index (χ0n) is 14.4. The molecule has 6 nitrogen and oxygen atoms in total. The van der Waals surface area contributed by atoms with Gasteiger partial charge in [0, 0.05) is 30.2 Å². The van der Waals surface area contributed by atoms with Crippen LogP contribution >= 0.6 is 11.6 Å². The van der Waals surface area contributed by atoms with Crippen LogP contribution in [0, 0.1) is 5.41 Å². The van der Waals surface area contributed by atoms with Crippen molar-refractivity contribution in [2.45, 2.75) is 12.8 Å². The number of para-hydroxylation sites is 2. The molecule has 0 aliphatic carbocycles. The van der Waals surface area contributed by atoms with Crippen molar-refractivity contribution in [1.29, 1.82) is 5.41 Å². The van der Waals surface area contributed by atoms with E-state index in [2.05, 4.69) is 0 Å². The molecule has 0 saturated carbocycles. The first-order chi connectivity index (χ1) is 12.6. The van der Waals surface area contributed by atoms with E-state index in [0.29, 0.717) is 31.1 Å². The molecular formula is C19H22ClN5O. The fourth-order valence-corrected chi connectivity index (χ4v) is 3.09. The summed E-state index contributed by atoms with van der Waals surface area (Å²) in [5.41, 5.74) is 13.8. The second kappa shape index (κ2) is 8.21. The van der Waals surface area contributed by atoms with Crippen molar-refractivity contribution in [2.75, 3.05) is 19.6 Å². The number of nitrogens with one attached hydrogen (secondary N) is 1. The Hall–Kier alpha value is -2.57. The molecule has 7 heteroatoms. The zero-order valence-corrected chi connectivity index (χ0v) is 15.2. The van der Waals surface area contributed by atoms with Crippen LogP contribution in [0.5, 0.6) is 11.5 Å². The predicted octanol–water partition coefficient (Wildman–Crippen LogP) is 3.50. The number of hydrogen-bond acceptors (Lipinski definition) is 4. The maximum Gasteiger partial charge on any atom is 0.188 e. The van der Waals surface area contributed by atoms with Crippen LogP contribution in [0.25, 0.3) is 0 Å². The third-order valence-electron chi connectivity index (χ3n) is 4.17. The Morgan fingerprint density at radius 3 is 2.73 bits per heavy atom. The number of halogens is 1. The molecule has 0 saturated heterocycles. The highest BCUT2D eigenvalue weighted by Gasteiger charge is 2.18. The Balaban J connectivity index is 1.85. The number of nitrogens with two attached hydrogens (primary N) is 2. The van der Waals surface area contributed by atoms with E-state index in [9.17, 15) is 0 Å². The topological polar surface area (TPSA) is 101 Å². The maximum atomic E-state index is 7.64. The van der Waals surface area contributed by atoms with E-state index in [1.165, 1.54) is 0 Å². The van der Waals surface area contributed by atoms with Crippen LogP contribution < -0.4 is 16.2 Å². The summed E-state index contributed by atoms with van der Waals surface area (Å²) in [7, 11) is 0. The standard InChI is InChI=1S/C19H22ClN5O/c20-13-7-8-17-14(12-13)15(5-3-10-25(11-9-21)19(22)23)24-16-4-1-2-6-18(16)26-17/h1-2,4,6-8,12H,3,5,9-11,21H2,(H3,22,23). The highest BCUT2D eigenvalue weighted by atomic mass is 35.5. The monoisotopic (exact) mass is 371 g/mol. The van der Waals surface area contributed by atoms with Crippen molar-refractivity contribution in [3.63, 3.8) is 0 Å². The lowest BCUT2D eigenvalue weighted by molar-refractivity contribution is 0.415. The quantitative estimate of drug-likeness (QED) is 0.534. The minimum atomic E-state index is 0.0374. The van der Waals surface area contributed by atoms with E-state index in [0.717, 1.165) is 34.9 Å². The van der Waals surface area contributed by atoms with Gasteiger partial charge in [-0.1, -0.05) is 23.7 Å². The predicted molar refractivity (Wildman–Crippen MR) is 106 cm³/mol. The van der Waals surface area contributed by atoms with E-state index in [1.807, 2.05) is 42.5 Å². The normalized spacial score (nSPS) is 12.3. The third-order valence-corrected chi connectivity index (χ3v) is 4.41.